The first kappa shape index (κ1) is 10.2. The third kappa shape index (κ3) is 1.65. The quantitative estimate of drug-likeness (QED) is 0.734. The first-order valence-electron chi connectivity index (χ1n) is 5.72. The molecule has 2 aromatic rings. The fraction of sp³-hybridized carbons (Fsp3) is 0.308. The Hall–Kier alpha value is -1.97. The summed E-state index contributed by atoms with van der Waals surface area (Å²) in [6, 6.07) is 3.98. The number of Topliss-reactive ketones (excluding diaryl/α,β-unsaturated/α-hetero) is 1. The van der Waals surface area contributed by atoms with E-state index in [1.165, 1.54) is 5.56 Å². The van der Waals surface area contributed by atoms with Crippen molar-refractivity contribution in [3.8, 4) is 0 Å². The zero-order chi connectivity index (χ0) is 11.8. The zero-order valence-electron chi connectivity index (χ0n) is 9.63. The fourth-order valence-electron chi connectivity index (χ4n) is 2.42. The van der Waals surface area contributed by atoms with Crippen LogP contribution in [0.4, 0.5) is 0 Å². The van der Waals surface area contributed by atoms with Gasteiger partial charge in [0.2, 0.25) is 0 Å². The van der Waals surface area contributed by atoms with Crippen LogP contribution in [0.1, 0.15) is 34.0 Å². The second-order valence-corrected chi connectivity index (χ2v) is 4.41. The third-order valence-corrected chi connectivity index (χ3v) is 3.26. The maximum Gasteiger partial charge on any atom is 0.175 e. The lowest BCUT2D eigenvalue weighted by atomic mass is 9.97. The Balaban J connectivity index is 1.95. The van der Waals surface area contributed by atoms with Crippen molar-refractivity contribution >= 4 is 5.78 Å². The summed E-state index contributed by atoms with van der Waals surface area (Å²) in [6.07, 6.45) is 6.96. The number of hydrogen-bond donors (Lipinski definition) is 0. The number of carbonyl (C=O) groups excluding carboxylic acids is 1. The van der Waals surface area contributed by atoms with Crippen molar-refractivity contribution in [2.75, 3.05) is 0 Å². The summed E-state index contributed by atoms with van der Waals surface area (Å²) >= 11 is 0. The van der Waals surface area contributed by atoms with E-state index < -0.39 is 0 Å². The van der Waals surface area contributed by atoms with Crippen LogP contribution >= 0.6 is 0 Å². The Labute approximate surface area is 99.3 Å². The van der Waals surface area contributed by atoms with Gasteiger partial charge in [0, 0.05) is 19.4 Å². The minimum atomic E-state index is -0.0876. The molecule has 0 saturated carbocycles. The average Bonchev–Trinajstić information content (AvgIpc) is 2.94. The number of pyridine rings is 1. The van der Waals surface area contributed by atoms with E-state index in [4.69, 9.17) is 0 Å². The molecule has 1 atom stereocenters. The van der Waals surface area contributed by atoms with Crippen molar-refractivity contribution in [3.05, 3.63) is 47.5 Å². The van der Waals surface area contributed by atoms with Gasteiger partial charge in [-0.05, 0) is 24.5 Å². The molecular weight excluding hydrogens is 214 g/mol. The molecule has 4 nitrogen and oxygen atoms in total. The van der Waals surface area contributed by atoms with Crippen molar-refractivity contribution in [2.24, 2.45) is 7.05 Å². The van der Waals surface area contributed by atoms with Gasteiger partial charge in [-0.3, -0.25) is 14.5 Å². The van der Waals surface area contributed by atoms with E-state index in [0.717, 1.165) is 18.5 Å². The number of carbonyl (C=O) groups is 1. The van der Waals surface area contributed by atoms with E-state index in [9.17, 15) is 4.79 Å². The Kier molecular flexibility index (Phi) is 2.28. The second-order valence-electron chi connectivity index (χ2n) is 4.41. The largest absolute Gasteiger partial charge is 0.293 e. The summed E-state index contributed by atoms with van der Waals surface area (Å²) in [4.78, 5) is 16.7. The Morgan fingerprint density at radius 1 is 1.53 bits per heavy atom. The molecule has 17 heavy (non-hydrogen) atoms. The molecule has 3 rings (SSSR count). The van der Waals surface area contributed by atoms with Gasteiger partial charge < -0.3 is 0 Å². The minimum absolute atomic E-state index is 0.0876. The highest BCUT2D eigenvalue weighted by molar-refractivity contribution is 6.00. The highest BCUT2D eigenvalue weighted by atomic mass is 16.1. The van der Waals surface area contributed by atoms with Gasteiger partial charge in [0.15, 0.2) is 5.78 Å². The van der Waals surface area contributed by atoms with E-state index >= 15 is 0 Å². The molecule has 4 heteroatoms. The maximum absolute atomic E-state index is 12.3. The van der Waals surface area contributed by atoms with E-state index in [1.807, 2.05) is 13.1 Å². The van der Waals surface area contributed by atoms with Gasteiger partial charge in [0.05, 0.1) is 23.4 Å². The second kappa shape index (κ2) is 3.80. The van der Waals surface area contributed by atoms with Crippen molar-refractivity contribution in [3.63, 3.8) is 0 Å². The monoisotopic (exact) mass is 227 g/mol. The molecule has 0 aliphatic heterocycles. The fourth-order valence-corrected chi connectivity index (χ4v) is 2.42. The van der Waals surface area contributed by atoms with Gasteiger partial charge in [0.25, 0.3) is 0 Å². The topological polar surface area (TPSA) is 47.8 Å². The zero-order valence-corrected chi connectivity index (χ0v) is 9.63. The first-order valence-corrected chi connectivity index (χ1v) is 5.72. The molecule has 1 unspecified atom stereocenters. The highest BCUT2D eigenvalue weighted by Gasteiger charge is 2.30. The van der Waals surface area contributed by atoms with E-state index in [0.29, 0.717) is 5.56 Å². The summed E-state index contributed by atoms with van der Waals surface area (Å²) in [7, 11) is 1.82. The standard InChI is InChI=1S/C13H13N3O/c1-16-8-10(7-15-16)13(17)11-5-4-9-3-2-6-14-12(9)11/h2-3,6-8,11H,4-5H2,1H3. The molecule has 0 saturated heterocycles. The smallest absolute Gasteiger partial charge is 0.175 e. The number of nitrogens with zero attached hydrogens (tertiary/aromatic N) is 3. The summed E-state index contributed by atoms with van der Waals surface area (Å²) in [5.41, 5.74) is 2.83. The number of rotatable bonds is 2. The van der Waals surface area contributed by atoms with Crippen LogP contribution in [0.2, 0.25) is 0 Å². The first-order chi connectivity index (χ1) is 8.25. The van der Waals surface area contributed by atoms with Gasteiger partial charge in [0.1, 0.15) is 0 Å². The molecule has 0 radical (unpaired) electrons. The SMILES string of the molecule is Cn1cc(C(=O)C2CCc3cccnc32)cn1. The lowest BCUT2D eigenvalue weighted by Crippen LogP contribution is -2.10. The molecule has 2 heterocycles. The van der Waals surface area contributed by atoms with E-state index in [1.54, 1.807) is 23.3 Å². The Morgan fingerprint density at radius 2 is 2.41 bits per heavy atom. The number of hydrogen-bond acceptors (Lipinski definition) is 3. The number of ketones is 1. The lowest BCUT2D eigenvalue weighted by Gasteiger charge is -2.07. The van der Waals surface area contributed by atoms with Gasteiger partial charge in [-0.25, -0.2) is 0 Å². The number of aryl methyl sites for hydroxylation is 2. The van der Waals surface area contributed by atoms with Gasteiger partial charge in [-0.1, -0.05) is 6.07 Å². The molecule has 0 fully saturated rings. The van der Waals surface area contributed by atoms with Crippen LogP contribution in [0.15, 0.2) is 30.7 Å². The minimum Gasteiger partial charge on any atom is -0.293 e. The molecule has 86 valence electrons. The summed E-state index contributed by atoms with van der Waals surface area (Å²) in [5, 5.41) is 4.04. The van der Waals surface area contributed by atoms with Crippen molar-refractivity contribution in [1.82, 2.24) is 14.8 Å². The van der Waals surface area contributed by atoms with Crippen LogP contribution < -0.4 is 0 Å². The van der Waals surface area contributed by atoms with Crippen LogP contribution in [-0.2, 0) is 13.5 Å². The van der Waals surface area contributed by atoms with Crippen molar-refractivity contribution in [1.29, 1.82) is 0 Å². The number of fused-ring (bicyclic) bond motifs is 1. The number of aromatic nitrogens is 3. The summed E-state index contributed by atoms with van der Waals surface area (Å²) in [6.45, 7) is 0. The molecule has 0 bridgehead atoms. The van der Waals surface area contributed by atoms with Gasteiger partial charge in [-0.15, -0.1) is 0 Å². The molecule has 0 aromatic carbocycles. The molecule has 2 aromatic heterocycles. The predicted octanol–water partition coefficient (Wildman–Crippen LogP) is 1.73. The van der Waals surface area contributed by atoms with Gasteiger partial charge in [-0.2, -0.15) is 5.10 Å². The summed E-state index contributed by atoms with van der Waals surface area (Å²) < 4.78 is 1.65. The third-order valence-electron chi connectivity index (χ3n) is 3.26. The molecule has 1 aliphatic rings. The predicted molar refractivity (Wildman–Crippen MR) is 62.8 cm³/mol. The molecule has 0 amide bonds. The van der Waals surface area contributed by atoms with Crippen LogP contribution in [0.25, 0.3) is 0 Å². The van der Waals surface area contributed by atoms with Crippen LogP contribution in [-0.4, -0.2) is 20.5 Å². The maximum atomic E-state index is 12.3. The van der Waals surface area contributed by atoms with Crippen molar-refractivity contribution < 1.29 is 4.79 Å². The van der Waals surface area contributed by atoms with E-state index in [2.05, 4.69) is 16.1 Å². The Morgan fingerprint density at radius 3 is 3.18 bits per heavy atom. The van der Waals surface area contributed by atoms with Crippen LogP contribution in [0.3, 0.4) is 0 Å². The van der Waals surface area contributed by atoms with Crippen LogP contribution in [0.5, 0.6) is 0 Å². The van der Waals surface area contributed by atoms with Crippen molar-refractivity contribution in [2.45, 2.75) is 18.8 Å². The molecule has 0 spiro atoms. The van der Waals surface area contributed by atoms with E-state index in [-0.39, 0.29) is 11.7 Å². The van der Waals surface area contributed by atoms with Crippen LogP contribution in [0, 0.1) is 0 Å². The highest BCUT2D eigenvalue weighted by Crippen LogP contribution is 2.33. The average molecular weight is 227 g/mol. The molecule has 0 N–H and O–H groups in total. The Bertz CT molecular complexity index is 574. The molecule has 1 aliphatic carbocycles. The summed E-state index contributed by atoms with van der Waals surface area (Å²) in [5.74, 6) is 0.0472. The normalized spacial score (nSPS) is 18.1. The lowest BCUT2D eigenvalue weighted by molar-refractivity contribution is 0.0958. The molecular formula is C13H13N3O. The van der Waals surface area contributed by atoms with Gasteiger partial charge >= 0.3 is 0 Å².